The fourth-order valence-electron chi connectivity index (χ4n) is 2.70. The van der Waals surface area contributed by atoms with E-state index in [4.69, 9.17) is 22.1 Å². The van der Waals surface area contributed by atoms with E-state index in [0.717, 1.165) is 0 Å². The molecule has 0 fully saturated rings. The molecule has 0 bridgehead atoms. The number of amides is 1. The van der Waals surface area contributed by atoms with Crippen LogP contribution in [0, 0.1) is 0 Å². The number of ketones is 1. The summed E-state index contributed by atoms with van der Waals surface area (Å²) in [7, 11) is 0. The molecule has 3 rings (SSSR count). The largest absolute Gasteiger partial charge is 0.444 e. The Morgan fingerprint density at radius 1 is 0.786 bits per heavy atom. The molecule has 0 heterocycles. The van der Waals surface area contributed by atoms with Crippen molar-refractivity contribution in [3.8, 4) is 0 Å². The average molecular weight is 394 g/mol. The Kier molecular flexibility index (Phi) is 5.87. The molecule has 0 saturated carbocycles. The first-order valence-electron chi connectivity index (χ1n) is 8.42. The lowest BCUT2D eigenvalue weighted by molar-refractivity contribution is -0.127. The zero-order valence-corrected chi connectivity index (χ0v) is 15.4. The fraction of sp³-hybridized carbons (Fsp3) is 0.0455. The molecule has 6 heteroatoms. The van der Waals surface area contributed by atoms with Crippen LogP contribution >= 0.6 is 11.6 Å². The minimum atomic E-state index is -1.26. The molecule has 0 aliphatic rings. The lowest BCUT2D eigenvalue weighted by Gasteiger charge is -2.16. The van der Waals surface area contributed by atoms with Crippen molar-refractivity contribution in [3.05, 3.63) is 106 Å². The van der Waals surface area contributed by atoms with Crippen LogP contribution in [0.2, 0.25) is 5.02 Å². The molecule has 28 heavy (non-hydrogen) atoms. The van der Waals surface area contributed by atoms with E-state index >= 15 is 0 Å². The summed E-state index contributed by atoms with van der Waals surface area (Å²) in [4.78, 5) is 37.4. The zero-order chi connectivity index (χ0) is 20.1. The van der Waals surface area contributed by atoms with Gasteiger partial charge in [0.05, 0.1) is 5.56 Å². The lowest BCUT2D eigenvalue weighted by atomic mass is 9.98. The number of nitrogens with two attached hydrogens (primary N) is 1. The number of esters is 1. The van der Waals surface area contributed by atoms with Gasteiger partial charge < -0.3 is 10.5 Å². The van der Waals surface area contributed by atoms with Gasteiger partial charge in [0.2, 0.25) is 6.10 Å². The van der Waals surface area contributed by atoms with E-state index in [2.05, 4.69) is 0 Å². The van der Waals surface area contributed by atoms with Gasteiger partial charge in [-0.1, -0.05) is 60.1 Å². The minimum absolute atomic E-state index is 0.0460. The second-order valence-corrected chi connectivity index (χ2v) is 6.42. The van der Waals surface area contributed by atoms with Crippen LogP contribution in [-0.4, -0.2) is 17.7 Å². The molecule has 3 aromatic rings. The maximum atomic E-state index is 12.8. The van der Waals surface area contributed by atoms with Gasteiger partial charge in [-0.15, -0.1) is 0 Å². The number of carbonyl (C=O) groups is 3. The van der Waals surface area contributed by atoms with Crippen LogP contribution in [0.4, 0.5) is 0 Å². The van der Waals surface area contributed by atoms with Crippen molar-refractivity contribution in [1.82, 2.24) is 0 Å². The van der Waals surface area contributed by atoms with Crippen molar-refractivity contribution in [3.63, 3.8) is 0 Å². The molecule has 2 N–H and O–H groups in total. The minimum Gasteiger partial charge on any atom is -0.444 e. The maximum Gasteiger partial charge on any atom is 0.340 e. The highest BCUT2D eigenvalue weighted by molar-refractivity contribution is 6.30. The molecule has 3 aromatic carbocycles. The SMILES string of the molecule is NC(=O)C(OC(=O)c1ccccc1C(=O)c1ccc(Cl)cc1)c1ccccc1. The molecule has 1 unspecified atom stereocenters. The number of primary amides is 1. The molecule has 0 aliphatic carbocycles. The van der Waals surface area contributed by atoms with E-state index in [0.29, 0.717) is 16.1 Å². The van der Waals surface area contributed by atoms with Gasteiger partial charge in [-0.05, 0) is 30.3 Å². The van der Waals surface area contributed by atoms with Crippen LogP contribution < -0.4 is 5.73 Å². The van der Waals surface area contributed by atoms with E-state index in [-0.39, 0.29) is 16.9 Å². The predicted molar refractivity (Wildman–Crippen MR) is 105 cm³/mol. The van der Waals surface area contributed by atoms with Gasteiger partial charge >= 0.3 is 5.97 Å². The van der Waals surface area contributed by atoms with Crippen LogP contribution in [0.25, 0.3) is 0 Å². The monoisotopic (exact) mass is 393 g/mol. The standard InChI is InChI=1S/C22H16ClNO4/c23-16-12-10-14(11-13-16)19(25)17-8-4-5-9-18(17)22(27)28-20(21(24)26)15-6-2-1-3-7-15/h1-13,20H,(H2,24,26). The summed E-state index contributed by atoms with van der Waals surface area (Å²) in [5.41, 5.74) is 6.43. The molecule has 5 nitrogen and oxygen atoms in total. The summed E-state index contributed by atoms with van der Waals surface area (Å²) >= 11 is 5.86. The van der Waals surface area contributed by atoms with Crippen molar-refractivity contribution in [1.29, 1.82) is 0 Å². The molecule has 0 spiro atoms. The highest BCUT2D eigenvalue weighted by Crippen LogP contribution is 2.22. The zero-order valence-electron chi connectivity index (χ0n) is 14.7. The third kappa shape index (κ3) is 4.27. The first kappa shape index (κ1) is 19.3. The topological polar surface area (TPSA) is 86.5 Å². The number of benzene rings is 3. The predicted octanol–water partition coefficient (Wildman–Crippen LogP) is 3.95. The number of hydrogen-bond donors (Lipinski definition) is 1. The van der Waals surface area contributed by atoms with E-state index < -0.39 is 18.0 Å². The second kappa shape index (κ2) is 8.50. The van der Waals surface area contributed by atoms with Crippen LogP contribution in [0.3, 0.4) is 0 Å². The molecule has 0 radical (unpaired) electrons. The Balaban J connectivity index is 1.91. The van der Waals surface area contributed by atoms with Crippen LogP contribution in [0.15, 0.2) is 78.9 Å². The van der Waals surface area contributed by atoms with Crippen molar-refractivity contribution in [2.75, 3.05) is 0 Å². The highest BCUT2D eigenvalue weighted by atomic mass is 35.5. The molecule has 0 aliphatic heterocycles. The molecule has 1 atom stereocenters. The third-order valence-electron chi connectivity index (χ3n) is 4.08. The van der Waals surface area contributed by atoms with Gasteiger partial charge in [0, 0.05) is 21.7 Å². The Morgan fingerprint density at radius 3 is 1.96 bits per heavy atom. The van der Waals surface area contributed by atoms with Gasteiger partial charge in [0.25, 0.3) is 5.91 Å². The summed E-state index contributed by atoms with van der Waals surface area (Å²) in [5, 5.41) is 0.497. The first-order valence-corrected chi connectivity index (χ1v) is 8.79. The van der Waals surface area contributed by atoms with E-state index in [1.54, 1.807) is 66.7 Å². The molecule has 0 saturated heterocycles. The van der Waals surface area contributed by atoms with Gasteiger partial charge in [0.15, 0.2) is 5.78 Å². The fourth-order valence-corrected chi connectivity index (χ4v) is 2.83. The summed E-state index contributed by atoms with van der Waals surface area (Å²) in [5.74, 6) is -1.98. The van der Waals surface area contributed by atoms with Crippen LogP contribution in [0.5, 0.6) is 0 Å². The van der Waals surface area contributed by atoms with Crippen molar-refractivity contribution < 1.29 is 19.1 Å². The molecular weight excluding hydrogens is 378 g/mol. The number of carbonyl (C=O) groups excluding carboxylic acids is 3. The van der Waals surface area contributed by atoms with E-state index in [1.807, 2.05) is 0 Å². The van der Waals surface area contributed by atoms with Gasteiger partial charge in [-0.2, -0.15) is 0 Å². The summed E-state index contributed by atoms with van der Waals surface area (Å²) in [6.07, 6.45) is -1.26. The van der Waals surface area contributed by atoms with Crippen LogP contribution in [0.1, 0.15) is 37.9 Å². The normalized spacial score (nSPS) is 11.5. The smallest absolute Gasteiger partial charge is 0.340 e. The average Bonchev–Trinajstić information content (AvgIpc) is 2.72. The van der Waals surface area contributed by atoms with Gasteiger partial charge in [-0.25, -0.2) is 4.79 Å². The quantitative estimate of drug-likeness (QED) is 0.507. The van der Waals surface area contributed by atoms with E-state index in [1.165, 1.54) is 12.1 Å². The highest BCUT2D eigenvalue weighted by Gasteiger charge is 2.26. The van der Waals surface area contributed by atoms with Crippen molar-refractivity contribution in [2.45, 2.75) is 6.10 Å². The van der Waals surface area contributed by atoms with Crippen molar-refractivity contribution in [2.24, 2.45) is 5.73 Å². The number of rotatable bonds is 6. The Labute approximate surface area is 166 Å². The summed E-state index contributed by atoms with van der Waals surface area (Å²) < 4.78 is 5.34. The first-order chi connectivity index (χ1) is 13.5. The van der Waals surface area contributed by atoms with Gasteiger partial charge in [0.1, 0.15) is 0 Å². The van der Waals surface area contributed by atoms with E-state index in [9.17, 15) is 14.4 Å². The summed E-state index contributed by atoms with van der Waals surface area (Å²) in [6, 6.07) is 21.0. The second-order valence-electron chi connectivity index (χ2n) is 5.98. The van der Waals surface area contributed by atoms with Gasteiger partial charge in [-0.3, -0.25) is 9.59 Å². The number of hydrogen-bond acceptors (Lipinski definition) is 4. The van der Waals surface area contributed by atoms with Crippen LogP contribution in [-0.2, 0) is 9.53 Å². The maximum absolute atomic E-state index is 12.8. The lowest BCUT2D eigenvalue weighted by Crippen LogP contribution is -2.26. The van der Waals surface area contributed by atoms with Crippen molar-refractivity contribution >= 4 is 29.3 Å². The number of halogens is 1. The number of ether oxygens (including phenoxy) is 1. The third-order valence-corrected chi connectivity index (χ3v) is 4.34. The Bertz CT molecular complexity index is 1020. The Hall–Kier alpha value is -3.44. The molecule has 0 aromatic heterocycles. The molecule has 1 amide bonds. The molecular formula is C22H16ClNO4. The molecule has 140 valence electrons. The summed E-state index contributed by atoms with van der Waals surface area (Å²) in [6.45, 7) is 0. The Morgan fingerprint density at radius 2 is 1.36 bits per heavy atom.